The first-order chi connectivity index (χ1) is 11.2. The largest absolute Gasteiger partial charge is 0.454 e. The van der Waals surface area contributed by atoms with Crippen LogP contribution in [0.1, 0.15) is 5.69 Å². The number of aromatic nitrogens is 1. The van der Waals surface area contributed by atoms with Crippen molar-refractivity contribution in [3.63, 3.8) is 0 Å². The summed E-state index contributed by atoms with van der Waals surface area (Å²) in [7, 11) is 0. The lowest BCUT2D eigenvalue weighted by Crippen LogP contribution is -1.93. The maximum atomic E-state index is 5.48. The van der Waals surface area contributed by atoms with Crippen LogP contribution in [0.2, 0.25) is 0 Å². The third-order valence-electron chi connectivity index (χ3n) is 3.78. The summed E-state index contributed by atoms with van der Waals surface area (Å²) in [6, 6.07) is 18.4. The molecule has 1 aliphatic rings. The van der Waals surface area contributed by atoms with Gasteiger partial charge in [-0.3, -0.25) is 4.98 Å². The van der Waals surface area contributed by atoms with Crippen molar-refractivity contribution in [3.8, 4) is 33.9 Å². The van der Waals surface area contributed by atoms with Gasteiger partial charge in [-0.25, -0.2) is 0 Å². The SMILES string of the molecule is Cc1cc(-c2ccc3c(c2)OCO3)cc(-c2cccc(Br)c2)n1. The number of pyridine rings is 1. The molecule has 1 aliphatic heterocycles. The number of halogens is 1. The van der Waals surface area contributed by atoms with Gasteiger partial charge in [-0.2, -0.15) is 0 Å². The summed E-state index contributed by atoms with van der Waals surface area (Å²) in [5, 5.41) is 0. The smallest absolute Gasteiger partial charge is 0.231 e. The molecule has 0 fully saturated rings. The van der Waals surface area contributed by atoms with Crippen molar-refractivity contribution in [1.29, 1.82) is 0 Å². The molecule has 0 spiro atoms. The highest BCUT2D eigenvalue weighted by Crippen LogP contribution is 2.36. The van der Waals surface area contributed by atoms with Crippen LogP contribution in [0.25, 0.3) is 22.4 Å². The molecule has 0 saturated carbocycles. The van der Waals surface area contributed by atoms with E-state index in [0.29, 0.717) is 0 Å². The van der Waals surface area contributed by atoms with Gasteiger partial charge in [-0.15, -0.1) is 0 Å². The van der Waals surface area contributed by atoms with Crippen molar-refractivity contribution in [1.82, 2.24) is 4.98 Å². The van der Waals surface area contributed by atoms with Crippen LogP contribution in [-0.4, -0.2) is 11.8 Å². The molecule has 4 heteroatoms. The second-order valence-corrected chi connectivity index (χ2v) is 6.38. The van der Waals surface area contributed by atoms with Crippen molar-refractivity contribution >= 4 is 15.9 Å². The first-order valence-corrected chi connectivity index (χ1v) is 8.13. The molecule has 1 aromatic heterocycles. The summed E-state index contributed by atoms with van der Waals surface area (Å²) in [5.74, 6) is 1.59. The topological polar surface area (TPSA) is 31.4 Å². The van der Waals surface area contributed by atoms with Crippen LogP contribution in [0.4, 0.5) is 0 Å². The molecule has 4 rings (SSSR count). The van der Waals surface area contributed by atoms with Crippen LogP contribution in [0, 0.1) is 6.92 Å². The maximum Gasteiger partial charge on any atom is 0.231 e. The molecular weight excluding hydrogens is 354 g/mol. The van der Waals surface area contributed by atoms with Gasteiger partial charge in [0.25, 0.3) is 0 Å². The van der Waals surface area contributed by atoms with Crippen molar-refractivity contribution in [2.24, 2.45) is 0 Å². The third kappa shape index (κ3) is 2.82. The fraction of sp³-hybridized carbons (Fsp3) is 0.105. The molecule has 0 saturated heterocycles. The Labute approximate surface area is 143 Å². The van der Waals surface area contributed by atoms with Crippen molar-refractivity contribution in [3.05, 3.63) is 64.8 Å². The summed E-state index contributed by atoms with van der Waals surface area (Å²) in [5.41, 5.74) is 5.24. The van der Waals surface area contributed by atoms with E-state index in [4.69, 9.17) is 9.47 Å². The zero-order valence-electron chi connectivity index (χ0n) is 12.5. The molecule has 0 bridgehead atoms. The molecule has 2 heterocycles. The summed E-state index contributed by atoms with van der Waals surface area (Å²) in [6.07, 6.45) is 0. The predicted octanol–water partition coefficient (Wildman–Crippen LogP) is 5.22. The highest BCUT2D eigenvalue weighted by atomic mass is 79.9. The second-order valence-electron chi connectivity index (χ2n) is 5.46. The summed E-state index contributed by atoms with van der Waals surface area (Å²) in [6.45, 7) is 2.30. The Bertz CT molecular complexity index is 892. The standard InChI is InChI=1S/C19H14BrNO2/c1-12-7-15(13-5-6-18-19(10-13)23-11-22-18)9-17(21-12)14-3-2-4-16(20)8-14/h2-10H,11H2,1H3. The lowest BCUT2D eigenvalue weighted by Gasteiger charge is -2.09. The molecule has 0 aliphatic carbocycles. The van der Waals surface area contributed by atoms with Crippen LogP contribution in [0.3, 0.4) is 0 Å². The summed E-state index contributed by atoms with van der Waals surface area (Å²) >= 11 is 3.52. The molecule has 0 radical (unpaired) electrons. The zero-order chi connectivity index (χ0) is 15.8. The van der Waals surface area contributed by atoms with Gasteiger partial charge in [-0.1, -0.05) is 34.1 Å². The molecule has 2 aromatic carbocycles. The number of aryl methyl sites for hydroxylation is 1. The van der Waals surface area contributed by atoms with E-state index in [2.05, 4.69) is 45.2 Å². The molecule has 0 atom stereocenters. The molecule has 0 amide bonds. The Morgan fingerprint density at radius 1 is 0.870 bits per heavy atom. The van der Waals surface area contributed by atoms with Crippen molar-refractivity contribution in [2.45, 2.75) is 6.92 Å². The average Bonchev–Trinajstić information content (AvgIpc) is 3.02. The van der Waals surface area contributed by atoms with E-state index < -0.39 is 0 Å². The van der Waals surface area contributed by atoms with E-state index in [1.807, 2.05) is 37.3 Å². The van der Waals surface area contributed by atoms with Gasteiger partial charge in [-0.05, 0) is 54.4 Å². The van der Waals surface area contributed by atoms with E-state index in [1.54, 1.807) is 0 Å². The number of nitrogens with zero attached hydrogens (tertiary/aromatic N) is 1. The van der Waals surface area contributed by atoms with Crippen molar-refractivity contribution < 1.29 is 9.47 Å². The van der Waals surface area contributed by atoms with Crippen LogP contribution >= 0.6 is 15.9 Å². The molecule has 23 heavy (non-hydrogen) atoms. The number of hydrogen-bond acceptors (Lipinski definition) is 3. The van der Waals surface area contributed by atoms with Gasteiger partial charge in [0.05, 0.1) is 5.69 Å². The van der Waals surface area contributed by atoms with Crippen LogP contribution in [-0.2, 0) is 0 Å². The third-order valence-corrected chi connectivity index (χ3v) is 4.27. The molecule has 0 N–H and O–H groups in total. The van der Waals surface area contributed by atoms with E-state index in [9.17, 15) is 0 Å². The first kappa shape index (κ1) is 14.3. The Hall–Kier alpha value is -2.33. The number of ether oxygens (including phenoxy) is 2. The Morgan fingerprint density at radius 2 is 1.74 bits per heavy atom. The molecule has 3 aromatic rings. The van der Waals surface area contributed by atoms with E-state index in [0.717, 1.165) is 44.0 Å². The van der Waals surface area contributed by atoms with Gasteiger partial charge in [0.1, 0.15) is 0 Å². The lowest BCUT2D eigenvalue weighted by molar-refractivity contribution is 0.174. The van der Waals surface area contributed by atoms with Gasteiger partial charge in [0, 0.05) is 15.7 Å². The minimum Gasteiger partial charge on any atom is -0.454 e. The molecule has 3 nitrogen and oxygen atoms in total. The minimum absolute atomic E-state index is 0.289. The van der Waals surface area contributed by atoms with Crippen LogP contribution < -0.4 is 9.47 Å². The highest BCUT2D eigenvalue weighted by molar-refractivity contribution is 9.10. The summed E-state index contributed by atoms with van der Waals surface area (Å²) < 4.78 is 11.9. The van der Waals surface area contributed by atoms with E-state index in [-0.39, 0.29) is 6.79 Å². The minimum atomic E-state index is 0.289. The van der Waals surface area contributed by atoms with Gasteiger partial charge in [0.15, 0.2) is 11.5 Å². The molecular formula is C19H14BrNO2. The van der Waals surface area contributed by atoms with Gasteiger partial charge >= 0.3 is 0 Å². The Morgan fingerprint density at radius 3 is 2.61 bits per heavy atom. The van der Waals surface area contributed by atoms with E-state index >= 15 is 0 Å². The number of hydrogen-bond donors (Lipinski definition) is 0. The number of benzene rings is 2. The van der Waals surface area contributed by atoms with Crippen molar-refractivity contribution in [2.75, 3.05) is 6.79 Å². The normalized spacial score (nSPS) is 12.4. The molecule has 0 unspecified atom stereocenters. The fourth-order valence-corrected chi connectivity index (χ4v) is 3.11. The Balaban J connectivity index is 1.81. The maximum absolute atomic E-state index is 5.48. The Kier molecular flexibility index (Phi) is 3.54. The van der Waals surface area contributed by atoms with Crippen LogP contribution in [0.5, 0.6) is 11.5 Å². The number of rotatable bonds is 2. The average molecular weight is 368 g/mol. The quantitative estimate of drug-likeness (QED) is 0.622. The first-order valence-electron chi connectivity index (χ1n) is 7.34. The van der Waals surface area contributed by atoms with Gasteiger partial charge < -0.3 is 9.47 Å². The fourth-order valence-electron chi connectivity index (χ4n) is 2.71. The van der Waals surface area contributed by atoms with Gasteiger partial charge in [0.2, 0.25) is 6.79 Å². The van der Waals surface area contributed by atoms with E-state index in [1.165, 1.54) is 0 Å². The number of fused-ring (bicyclic) bond motifs is 1. The summed E-state index contributed by atoms with van der Waals surface area (Å²) in [4.78, 5) is 4.67. The predicted molar refractivity (Wildman–Crippen MR) is 93.7 cm³/mol. The monoisotopic (exact) mass is 367 g/mol. The lowest BCUT2D eigenvalue weighted by atomic mass is 10.0. The zero-order valence-corrected chi connectivity index (χ0v) is 14.1. The highest BCUT2D eigenvalue weighted by Gasteiger charge is 2.14. The molecule has 114 valence electrons. The second kappa shape index (κ2) is 5.70. The van der Waals surface area contributed by atoms with Crippen LogP contribution in [0.15, 0.2) is 59.1 Å².